The Balaban J connectivity index is 1.92. The highest BCUT2D eigenvalue weighted by Gasteiger charge is 2.24. The molecule has 154 valence electrons. The zero-order chi connectivity index (χ0) is 22.0. The number of aliphatic carboxylic acids is 1. The molecule has 1 aromatic heterocycles. The van der Waals surface area contributed by atoms with Gasteiger partial charge in [0.05, 0.1) is 17.3 Å². The number of ketones is 1. The molecule has 0 spiro atoms. The summed E-state index contributed by atoms with van der Waals surface area (Å²) in [6.07, 6.45) is 0.210. The van der Waals surface area contributed by atoms with E-state index >= 15 is 0 Å². The van der Waals surface area contributed by atoms with Gasteiger partial charge in [0, 0.05) is 17.6 Å². The van der Waals surface area contributed by atoms with Gasteiger partial charge in [0.1, 0.15) is 11.0 Å². The Kier molecular flexibility index (Phi) is 5.73. The van der Waals surface area contributed by atoms with Gasteiger partial charge in [0.25, 0.3) is 0 Å². The number of carbonyl (C=O) groups excluding carboxylic acids is 1. The molecule has 0 atom stereocenters. The van der Waals surface area contributed by atoms with Gasteiger partial charge in [0.2, 0.25) is 0 Å². The third-order valence-electron chi connectivity index (χ3n) is 5.32. The summed E-state index contributed by atoms with van der Waals surface area (Å²) in [5.41, 5.74) is 5.38. The number of nitrogens with zero attached hydrogens (tertiary/aromatic N) is 2. The number of benzene rings is 3. The number of aromatic nitrogens is 2. The van der Waals surface area contributed by atoms with Crippen LogP contribution in [-0.2, 0) is 11.2 Å². The molecule has 0 bridgehead atoms. The number of carbonyl (C=O) groups is 2. The Bertz CT molecular complexity index is 1320. The number of allylic oxidation sites excluding steroid dienone is 1. The molecule has 0 radical (unpaired) electrons. The average molecular weight is 429 g/mol. The van der Waals surface area contributed by atoms with Gasteiger partial charge in [-0.2, -0.15) is 8.75 Å². The maximum absolute atomic E-state index is 13.6. The Morgan fingerprint density at radius 2 is 1.55 bits per heavy atom. The van der Waals surface area contributed by atoms with Crippen molar-refractivity contribution in [3.05, 3.63) is 100 Å². The van der Waals surface area contributed by atoms with Gasteiger partial charge in [-0.1, -0.05) is 48.5 Å². The molecule has 4 rings (SSSR count). The molecule has 0 amide bonds. The lowest BCUT2D eigenvalue weighted by molar-refractivity contribution is -0.130. The number of rotatable bonds is 6. The summed E-state index contributed by atoms with van der Waals surface area (Å²) in [6.45, 7) is 3.91. The van der Waals surface area contributed by atoms with Crippen LogP contribution in [0.25, 0.3) is 16.6 Å². The number of Topliss-reactive ketones (excluding diaryl/α,β-unsaturated/α-hetero) is 1. The van der Waals surface area contributed by atoms with Crippen molar-refractivity contribution >= 4 is 40.1 Å². The number of hydrogen-bond acceptors (Lipinski definition) is 5. The van der Waals surface area contributed by atoms with E-state index in [0.717, 1.165) is 28.4 Å². The van der Waals surface area contributed by atoms with E-state index in [0.29, 0.717) is 22.2 Å². The van der Waals surface area contributed by atoms with Crippen molar-refractivity contribution in [2.24, 2.45) is 0 Å². The van der Waals surface area contributed by atoms with Gasteiger partial charge in [-0.15, -0.1) is 0 Å². The van der Waals surface area contributed by atoms with E-state index in [2.05, 4.69) is 8.75 Å². The first-order valence-corrected chi connectivity index (χ1v) is 10.5. The molecule has 0 aliphatic carbocycles. The number of aryl methyl sites for hydroxylation is 2. The predicted molar refractivity (Wildman–Crippen MR) is 122 cm³/mol. The maximum Gasteiger partial charge on any atom is 0.336 e. The Morgan fingerprint density at radius 1 is 0.839 bits per heavy atom. The molecule has 0 saturated carbocycles. The second-order valence-corrected chi connectivity index (χ2v) is 7.95. The fourth-order valence-corrected chi connectivity index (χ4v) is 4.02. The van der Waals surface area contributed by atoms with E-state index in [1.54, 1.807) is 24.3 Å². The summed E-state index contributed by atoms with van der Waals surface area (Å²) in [7, 11) is 0. The van der Waals surface area contributed by atoms with Gasteiger partial charge in [-0.25, -0.2) is 4.79 Å². The van der Waals surface area contributed by atoms with Crippen LogP contribution in [0.1, 0.15) is 32.6 Å². The van der Waals surface area contributed by atoms with Crippen LogP contribution >= 0.6 is 11.7 Å². The molecule has 6 heteroatoms. The molecule has 1 heterocycles. The van der Waals surface area contributed by atoms with Crippen LogP contribution in [0.5, 0.6) is 0 Å². The van der Waals surface area contributed by atoms with Gasteiger partial charge in [0.15, 0.2) is 5.78 Å². The van der Waals surface area contributed by atoms with E-state index in [-0.39, 0.29) is 23.4 Å². The monoisotopic (exact) mass is 428 g/mol. The van der Waals surface area contributed by atoms with Gasteiger partial charge >= 0.3 is 5.97 Å². The minimum atomic E-state index is -1.15. The zero-order valence-corrected chi connectivity index (χ0v) is 17.9. The molecule has 0 fully saturated rings. The lowest BCUT2D eigenvalue weighted by Crippen LogP contribution is -2.14. The number of carboxylic acids is 1. The molecule has 0 aliphatic heterocycles. The predicted octanol–water partition coefficient (Wildman–Crippen LogP) is 5.27. The average Bonchev–Trinajstić information content (AvgIpc) is 3.23. The minimum absolute atomic E-state index is 0.0121. The summed E-state index contributed by atoms with van der Waals surface area (Å²) in [6, 6.07) is 20.0. The minimum Gasteiger partial charge on any atom is -0.478 e. The molecule has 4 aromatic rings. The molecular formula is C25H20N2O3S. The van der Waals surface area contributed by atoms with Gasteiger partial charge < -0.3 is 5.11 Å². The molecule has 0 saturated heterocycles. The molecule has 0 aliphatic rings. The second kappa shape index (κ2) is 8.62. The lowest BCUT2D eigenvalue weighted by Gasteiger charge is -2.14. The third-order valence-corrected chi connectivity index (χ3v) is 5.88. The van der Waals surface area contributed by atoms with Crippen LogP contribution in [0.4, 0.5) is 0 Å². The quantitative estimate of drug-likeness (QED) is 0.334. The first kappa shape index (κ1) is 20.6. The van der Waals surface area contributed by atoms with Gasteiger partial charge in [-0.05, 0) is 54.3 Å². The largest absolute Gasteiger partial charge is 0.478 e. The fraction of sp³-hybridized carbons (Fsp3) is 0.120. The summed E-state index contributed by atoms with van der Waals surface area (Å²) in [5.74, 6) is -1.44. The van der Waals surface area contributed by atoms with Crippen LogP contribution in [-0.4, -0.2) is 25.6 Å². The molecule has 1 N–H and O–H groups in total. The zero-order valence-electron chi connectivity index (χ0n) is 17.1. The first-order chi connectivity index (χ1) is 14.9. The Labute approximate surface area is 184 Å². The number of carboxylic acid groups (broad SMARTS) is 1. The molecular weight excluding hydrogens is 408 g/mol. The summed E-state index contributed by atoms with van der Waals surface area (Å²) >= 11 is 1.07. The fourth-order valence-electron chi connectivity index (χ4n) is 3.50. The second-order valence-electron chi connectivity index (χ2n) is 7.42. The van der Waals surface area contributed by atoms with Crippen LogP contribution < -0.4 is 0 Å². The van der Waals surface area contributed by atoms with E-state index in [1.807, 2.05) is 56.3 Å². The van der Waals surface area contributed by atoms with Crippen LogP contribution in [0, 0.1) is 13.8 Å². The van der Waals surface area contributed by atoms with Crippen LogP contribution in [0.3, 0.4) is 0 Å². The maximum atomic E-state index is 13.6. The van der Waals surface area contributed by atoms with E-state index in [1.165, 1.54) is 0 Å². The van der Waals surface area contributed by atoms with E-state index in [9.17, 15) is 14.7 Å². The lowest BCUT2D eigenvalue weighted by atomic mass is 9.88. The number of hydrogen-bond donors (Lipinski definition) is 1. The normalized spacial score (nSPS) is 11.9. The van der Waals surface area contributed by atoms with Crippen LogP contribution in [0.2, 0.25) is 0 Å². The highest BCUT2D eigenvalue weighted by atomic mass is 32.1. The van der Waals surface area contributed by atoms with E-state index in [4.69, 9.17) is 0 Å². The summed E-state index contributed by atoms with van der Waals surface area (Å²) in [4.78, 5) is 26.0. The summed E-state index contributed by atoms with van der Waals surface area (Å²) < 4.78 is 8.40. The van der Waals surface area contributed by atoms with E-state index < -0.39 is 5.97 Å². The van der Waals surface area contributed by atoms with Crippen LogP contribution in [0.15, 0.2) is 72.3 Å². The summed E-state index contributed by atoms with van der Waals surface area (Å²) in [5, 5.41) is 10.1. The smallest absolute Gasteiger partial charge is 0.336 e. The Morgan fingerprint density at radius 3 is 2.26 bits per heavy atom. The highest BCUT2D eigenvalue weighted by Crippen LogP contribution is 2.28. The standard InChI is InChI=1S/C25H20N2O3S/c1-15-8-9-19(12-16(15)2)24(28)20(13-17-6-4-3-5-7-17)23(25(29)30)18-10-11-21-22(14-18)27-31-26-21/h3-12,14H,13H2,1-2H3,(H,29,30). The number of fused-ring (bicyclic) bond motifs is 1. The molecule has 0 unspecified atom stereocenters. The topological polar surface area (TPSA) is 80.2 Å². The molecule has 5 nitrogen and oxygen atoms in total. The first-order valence-electron chi connectivity index (χ1n) is 9.79. The van der Waals surface area contributed by atoms with Crippen molar-refractivity contribution in [2.45, 2.75) is 20.3 Å². The van der Waals surface area contributed by atoms with Crippen molar-refractivity contribution in [1.82, 2.24) is 8.75 Å². The molecule has 3 aromatic carbocycles. The SMILES string of the molecule is Cc1ccc(C(=O)C(Cc2ccccc2)=C(C(=O)O)c2ccc3nsnc3c2)cc1C. The van der Waals surface area contributed by atoms with Crippen molar-refractivity contribution in [1.29, 1.82) is 0 Å². The molecule has 31 heavy (non-hydrogen) atoms. The Hall–Kier alpha value is -3.64. The highest BCUT2D eigenvalue weighted by molar-refractivity contribution is 7.00. The van der Waals surface area contributed by atoms with Crippen molar-refractivity contribution in [3.8, 4) is 0 Å². The van der Waals surface area contributed by atoms with Crippen molar-refractivity contribution < 1.29 is 14.7 Å². The van der Waals surface area contributed by atoms with Crippen molar-refractivity contribution in [2.75, 3.05) is 0 Å². The van der Waals surface area contributed by atoms with Gasteiger partial charge in [-0.3, -0.25) is 4.79 Å². The third kappa shape index (κ3) is 4.29. The van der Waals surface area contributed by atoms with Crippen molar-refractivity contribution in [3.63, 3.8) is 0 Å².